The van der Waals surface area contributed by atoms with Crippen LogP contribution in [0.25, 0.3) is 0 Å². The van der Waals surface area contributed by atoms with Crippen molar-refractivity contribution in [3.63, 3.8) is 0 Å². The summed E-state index contributed by atoms with van der Waals surface area (Å²) in [6.45, 7) is 2.14. The molecule has 1 aromatic carbocycles. The highest BCUT2D eigenvalue weighted by atomic mass is 19.1. The van der Waals surface area contributed by atoms with Gasteiger partial charge < -0.3 is 5.11 Å². The lowest BCUT2D eigenvalue weighted by Gasteiger charge is -2.17. The highest BCUT2D eigenvalue weighted by molar-refractivity contribution is 5.97. The maximum Gasteiger partial charge on any atom is 0.179 e. The quantitative estimate of drug-likeness (QED) is 0.768. The van der Waals surface area contributed by atoms with Crippen molar-refractivity contribution in [3.8, 4) is 0 Å². The Bertz CT molecular complexity index is 366. The molecule has 0 aliphatic heterocycles. The van der Waals surface area contributed by atoms with Crippen LogP contribution in [0.5, 0.6) is 0 Å². The van der Waals surface area contributed by atoms with Crippen LogP contribution < -0.4 is 0 Å². The molecule has 88 valence electrons. The van der Waals surface area contributed by atoms with Crippen LogP contribution in [0, 0.1) is 5.82 Å². The fourth-order valence-corrected chi connectivity index (χ4v) is 1.53. The van der Waals surface area contributed by atoms with Crippen molar-refractivity contribution in [1.29, 1.82) is 0 Å². The van der Waals surface area contributed by atoms with Crippen molar-refractivity contribution in [2.24, 2.45) is 0 Å². The predicted molar refractivity (Wildman–Crippen MR) is 59.9 cm³/mol. The summed E-state index contributed by atoms with van der Waals surface area (Å²) in [7, 11) is 1.71. The molecule has 1 N–H and O–H groups in total. The van der Waals surface area contributed by atoms with Crippen molar-refractivity contribution in [1.82, 2.24) is 4.90 Å². The van der Waals surface area contributed by atoms with E-state index in [1.165, 1.54) is 12.1 Å². The fraction of sp³-hybridized carbons (Fsp3) is 0.417. The molecule has 0 fully saturated rings. The number of hydrogen-bond acceptors (Lipinski definition) is 3. The third kappa shape index (κ3) is 3.72. The molecule has 0 heterocycles. The van der Waals surface area contributed by atoms with E-state index in [1.54, 1.807) is 31.0 Å². The number of aliphatic hydroxyl groups is 1. The lowest BCUT2D eigenvalue weighted by molar-refractivity contribution is 0.0897. The van der Waals surface area contributed by atoms with Gasteiger partial charge in [-0.15, -0.1) is 0 Å². The number of likely N-dealkylation sites (N-methyl/N-ethyl adjacent to an activating group) is 1. The van der Waals surface area contributed by atoms with Crippen molar-refractivity contribution in [2.45, 2.75) is 13.0 Å². The summed E-state index contributed by atoms with van der Waals surface area (Å²) in [6, 6.07) is 5.91. The predicted octanol–water partition coefficient (Wildman–Crippen LogP) is 1.32. The first kappa shape index (κ1) is 12.8. The van der Waals surface area contributed by atoms with Gasteiger partial charge in [-0.05, 0) is 26.1 Å². The molecule has 0 aliphatic carbocycles. The van der Waals surface area contributed by atoms with Crippen molar-refractivity contribution < 1.29 is 14.3 Å². The molecule has 3 nitrogen and oxygen atoms in total. The second-order valence-electron chi connectivity index (χ2n) is 3.95. The summed E-state index contributed by atoms with van der Waals surface area (Å²) >= 11 is 0. The zero-order chi connectivity index (χ0) is 12.1. The first-order valence-corrected chi connectivity index (χ1v) is 5.15. The fourth-order valence-electron chi connectivity index (χ4n) is 1.53. The largest absolute Gasteiger partial charge is 0.392 e. The summed E-state index contributed by atoms with van der Waals surface area (Å²) in [4.78, 5) is 13.4. The molecule has 1 aromatic rings. The van der Waals surface area contributed by atoms with E-state index in [4.69, 9.17) is 5.11 Å². The molecule has 0 aliphatic rings. The SMILES string of the molecule is CC(O)CN(C)CC(=O)c1ccccc1F. The number of halogens is 1. The summed E-state index contributed by atoms with van der Waals surface area (Å²) in [6.07, 6.45) is -0.501. The third-order valence-corrected chi connectivity index (χ3v) is 2.16. The number of aliphatic hydroxyl groups excluding tert-OH is 1. The van der Waals surface area contributed by atoms with Gasteiger partial charge in [0.05, 0.1) is 18.2 Å². The van der Waals surface area contributed by atoms with Crippen LogP contribution in [0.2, 0.25) is 0 Å². The number of ketones is 1. The van der Waals surface area contributed by atoms with E-state index in [0.717, 1.165) is 0 Å². The zero-order valence-corrected chi connectivity index (χ0v) is 9.48. The van der Waals surface area contributed by atoms with Gasteiger partial charge in [-0.2, -0.15) is 0 Å². The summed E-state index contributed by atoms with van der Waals surface area (Å²) in [5.41, 5.74) is 0.0972. The van der Waals surface area contributed by atoms with Crippen molar-refractivity contribution in [2.75, 3.05) is 20.1 Å². The highest BCUT2D eigenvalue weighted by Gasteiger charge is 2.13. The third-order valence-electron chi connectivity index (χ3n) is 2.16. The molecule has 0 saturated heterocycles. The van der Waals surface area contributed by atoms with Crippen molar-refractivity contribution in [3.05, 3.63) is 35.6 Å². The molecule has 1 unspecified atom stereocenters. The molecular formula is C12H16FNO2. The number of hydrogen-bond donors (Lipinski definition) is 1. The number of carbonyl (C=O) groups excluding carboxylic acids is 1. The molecule has 0 aromatic heterocycles. The van der Waals surface area contributed by atoms with E-state index >= 15 is 0 Å². The van der Waals surface area contributed by atoms with Gasteiger partial charge in [0.1, 0.15) is 5.82 Å². The van der Waals surface area contributed by atoms with E-state index in [1.807, 2.05) is 0 Å². The molecule has 1 atom stereocenters. The molecule has 0 spiro atoms. The van der Waals surface area contributed by atoms with Gasteiger partial charge in [0, 0.05) is 6.54 Å². The van der Waals surface area contributed by atoms with Gasteiger partial charge >= 0.3 is 0 Å². The Labute approximate surface area is 94.5 Å². The van der Waals surface area contributed by atoms with Crippen LogP contribution in [0.1, 0.15) is 17.3 Å². The molecule has 0 amide bonds. The molecule has 16 heavy (non-hydrogen) atoms. The Balaban J connectivity index is 2.63. The molecular weight excluding hydrogens is 209 g/mol. The Morgan fingerprint density at radius 3 is 2.69 bits per heavy atom. The monoisotopic (exact) mass is 225 g/mol. The van der Waals surface area contributed by atoms with E-state index in [-0.39, 0.29) is 17.9 Å². The van der Waals surface area contributed by atoms with Crippen LogP contribution in [0.3, 0.4) is 0 Å². The topological polar surface area (TPSA) is 40.5 Å². The maximum atomic E-state index is 13.3. The molecule has 0 saturated carbocycles. The molecule has 4 heteroatoms. The lowest BCUT2D eigenvalue weighted by atomic mass is 10.1. The van der Waals surface area contributed by atoms with E-state index in [9.17, 15) is 9.18 Å². The average Bonchev–Trinajstić information content (AvgIpc) is 2.16. The number of benzene rings is 1. The number of nitrogens with zero attached hydrogens (tertiary/aromatic N) is 1. The number of rotatable bonds is 5. The minimum Gasteiger partial charge on any atom is -0.392 e. The Morgan fingerprint density at radius 2 is 2.12 bits per heavy atom. The highest BCUT2D eigenvalue weighted by Crippen LogP contribution is 2.07. The second-order valence-corrected chi connectivity index (χ2v) is 3.95. The smallest absolute Gasteiger partial charge is 0.179 e. The summed E-state index contributed by atoms with van der Waals surface area (Å²) < 4.78 is 13.3. The lowest BCUT2D eigenvalue weighted by Crippen LogP contribution is -2.32. The maximum absolute atomic E-state index is 13.3. The van der Waals surface area contributed by atoms with Gasteiger partial charge in [0.25, 0.3) is 0 Å². The van der Waals surface area contributed by atoms with Crippen LogP contribution >= 0.6 is 0 Å². The normalized spacial score (nSPS) is 12.8. The van der Waals surface area contributed by atoms with Gasteiger partial charge in [-0.25, -0.2) is 4.39 Å². The Morgan fingerprint density at radius 1 is 1.50 bits per heavy atom. The second kappa shape index (κ2) is 5.72. The van der Waals surface area contributed by atoms with Gasteiger partial charge in [0.15, 0.2) is 5.78 Å². The van der Waals surface area contributed by atoms with Crippen LogP contribution in [-0.4, -0.2) is 42.0 Å². The Hall–Kier alpha value is -1.26. The van der Waals surface area contributed by atoms with Crippen LogP contribution in [-0.2, 0) is 0 Å². The van der Waals surface area contributed by atoms with E-state index in [0.29, 0.717) is 6.54 Å². The first-order chi connectivity index (χ1) is 7.50. The minimum atomic E-state index is -0.502. The van der Waals surface area contributed by atoms with Gasteiger partial charge in [-0.1, -0.05) is 12.1 Å². The number of Topliss-reactive ketones (excluding diaryl/α,β-unsaturated/α-hetero) is 1. The van der Waals surface area contributed by atoms with Crippen LogP contribution in [0.15, 0.2) is 24.3 Å². The minimum absolute atomic E-state index is 0.0972. The first-order valence-electron chi connectivity index (χ1n) is 5.15. The molecule has 0 bridgehead atoms. The number of carbonyl (C=O) groups is 1. The Kier molecular flexibility index (Phi) is 4.58. The summed E-state index contributed by atoms with van der Waals surface area (Å²) in [5, 5.41) is 9.13. The van der Waals surface area contributed by atoms with E-state index < -0.39 is 11.9 Å². The van der Waals surface area contributed by atoms with Crippen molar-refractivity contribution >= 4 is 5.78 Å². The summed E-state index contributed by atoms with van der Waals surface area (Å²) in [5.74, 6) is -0.779. The van der Waals surface area contributed by atoms with Gasteiger partial charge in [0.2, 0.25) is 0 Å². The van der Waals surface area contributed by atoms with E-state index in [2.05, 4.69) is 0 Å². The van der Waals surface area contributed by atoms with Crippen LogP contribution in [0.4, 0.5) is 4.39 Å². The zero-order valence-electron chi connectivity index (χ0n) is 9.48. The standard InChI is InChI=1S/C12H16FNO2/c1-9(15)7-14(2)8-12(16)10-5-3-4-6-11(10)13/h3-6,9,15H,7-8H2,1-2H3. The average molecular weight is 225 g/mol. The molecule has 0 radical (unpaired) electrons. The molecule has 1 rings (SSSR count). The van der Waals surface area contributed by atoms with Gasteiger partial charge in [-0.3, -0.25) is 9.69 Å².